The van der Waals surface area contributed by atoms with Gasteiger partial charge >= 0.3 is 6.03 Å². The van der Waals surface area contributed by atoms with E-state index in [0.29, 0.717) is 19.6 Å². The SMILES string of the molecule is CCCCNC(=O)N1CCN(S(=O)(=O)c2cccc(Cl)c2Cl)CC1. The van der Waals surface area contributed by atoms with E-state index in [4.69, 9.17) is 23.2 Å². The fourth-order valence-electron chi connectivity index (χ4n) is 2.44. The summed E-state index contributed by atoms with van der Waals surface area (Å²) in [6.07, 6.45) is 1.93. The standard InChI is InChI=1S/C15H21Cl2N3O3S/c1-2-3-7-18-15(21)19-8-10-20(11-9-19)24(22,23)13-6-4-5-12(16)14(13)17/h4-6H,2-3,7-11H2,1H3,(H,18,21). The van der Waals surface area contributed by atoms with Gasteiger partial charge in [0, 0.05) is 32.7 Å². The van der Waals surface area contributed by atoms with Crippen LogP contribution in [0.5, 0.6) is 0 Å². The Labute approximate surface area is 152 Å². The van der Waals surface area contributed by atoms with Crippen molar-refractivity contribution in [1.29, 1.82) is 0 Å². The van der Waals surface area contributed by atoms with E-state index >= 15 is 0 Å². The molecule has 1 heterocycles. The summed E-state index contributed by atoms with van der Waals surface area (Å²) in [5, 5.41) is 3.06. The predicted octanol–water partition coefficient (Wildman–Crippen LogP) is 2.81. The molecule has 9 heteroatoms. The average molecular weight is 394 g/mol. The van der Waals surface area contributed by atoms with E-state index in [9.17, 15) is 13.2 Å². The summed E-state index contributed by atoms with van der Waals surface area (Å²) >= 11 is 11.9. The van der Waals surface area contributed by atoms with E-state index in [-0.39, 0.29) is 34.1 Å². The number of piperazine rings is 1. The van der Waals surface area contributed by atoms with E-state index in [1.165, 1.54) is 10.4 Å². The topological polar surface area (TPSA) is 69.7 Å². The Morgan fingerprint density at radius 1 is 1.21 bits per heavy atom. The van der Waals surface area contributed by atoms with Gasteiger partial charge in [-0.15, -0.1) is 0 Å². The first kappa shape index (κ1) is 19.3. The van der Waals surface area contributed by atoms with Gasteiger partial charge in [0.2, 0.25) is 10.0 Å². The zero-order valence-corrected chi connectivity index (χ0v) is 15.8. The van der Waals surface area contributed by atoms with E-state index in [2.05, 4.69) is 12.2 Å². The van der Waals surface area contributed by atoms with Gasteiger partial charge in [-0.2, -0.15) is 4.31 Å². The Bertz CT molecular complexity index is 689. The Balaban J connectivity index is 2.01. The number of unbranched alkanes of at least 4 members (excludes halogenated alkanes) is 1. The Morgan fingerprint density at radius 2 is 1.88 bits per heavy atom. The minimum atomic E-state index is -3.73. The number of sulfonamides is 1. The number of urea groups is 1. The van der Waals surface area contributed by atoms with Crippen LogP contribution in [0.15, 0.2) is 23.1 Å². The second kappa shape index (κ2) is 8.38. The van der Waals surface area contributed by atoms with Gasteiger partial charge in [0.1, 0.15) is 4.90 Å². The normalized spacial score (nSPS) is 16.2. The molecule has 0 aliphatic carbocycles. The van der Waals surface area contributed by atoms with Crippen LogP contribution < -0.4 is 5.32 Å². The maximum Gasteiger partial charge on any atom is 0.317 e. The zero-order chi connectivity index (χ0) is 17.7. The number of rotatable bonds is 5. The van der Waals surface area contributed by atoms with E-state index < -0.39 is 10.0 Å². The molecule has 1 aromatic carbocycles. The summed E-state index contributed by atoms with van der Waals surface area (Å²) in [5.74, 6) is 0. The van der Waals surface area contributed by atoms with E-state index in [1.54, 1.807) is 17.0 Å². The van der Waals surface area contributed by atoms with Crippen molar-refractivity contribution in [2.75, 3.05) is 32.7 Å². The van der Waals surface area contributed by atoms with Crippen LogP contribution >= 0.6 is 23.2 Å². The van der Waals surface area contributed by atoms with Gasteiger partial charge in [-0.1, -0.05) is 42.6 Å². The lowest BCUT2D eigenvalue weighted by atomic mass is 10.3. The molecule has 0 unspecified atom stereocenters. The van der Waals surface area contributed by atoms with Crippen LogP contribution in [-0.4, -0.2) is 56.4 Å². The summed E-state index contributed by atoms with van der Waals surface area (Å²) in [5.41, 5.74) is 0. The summed E-state index contributed by atoms with van der Waals surface area (Å²) in [6, 6.07) is 4.38. The van der Waals surface area contributed by atoms with Crippen molar-refractivity contribution in [1.82, 2.24) is 14.5 Å². The van der Waals surface area contributed by atoms with Crippen LogP contribution in [-0.2, 0) is 10.0 Å². The average Bonchev–Trinajstić information content (AvgIpc) is 2.57. The highest BCUT2D eigenvalue weighted by atomic mass is 35.5. The molecule has 1 aromatic rings. The lowest BCUT2D eigenvalue weighted by Crippen LogP contribution is -2.53. The molecule has 0 radical (unpaired) electrons. The van der Waals surface area contributed by atoms with Gasteiger partial charge < -0.3 is 10.2 Å². The number of nitrogens with one attached hydrogen (secondary N) is 1. The highest BCUT2D eigenvalue weighted by Crippen LogP contribution is 2.31. The summed E-state index contributed by atoms with van der Waals surface area (Å²) in [7, 11) is -3.73. The summed E-state index contributed by atoms with van der Waals surface area (Å²) in [4.78, 5) is 13.6. The molecule has 0 atom stereocenters. The van der Waals surface area contributed by atoms with Crippen LogP contribution in [0.2, 0.25) is 10.0 Å². The fraction of sp³-hybridized carbons (Fsp3) is 0.533. The van der Waals surface area contributed by atoms with Gasteiger partial charge in [0.15, 0.2) is 0 Å². The Kier molecular flexibility index (Phi) is 6.74. The monoisotopic (exact) mass is 393 g/mol. The van der Waals surface area contributed by atoms with Crippen LogP contribution in [0.1, 0.15) is 19.8 Å². The number of hydrogen-bond donors (Lipinski definition) is 1. The second-order valence-electron chi connectivity index (χ2n) is 5.53. The molecule has 0 spiro atoms. The first-order chi connectivity index (χ1) is 11.4. The minimum Gasteiger partial charge on any atom is -0.338 e. The molecule has 134 valence electrons. The van der Waals surface area contributed by atoms with Crippen molar-refractivity contribution >= 4 is 39.3 Å². The number of hydrogen-bond acceptors (Lipinski definition) is 3. The van der Waals surface area contributed by atoms with Crippen molar-refractivity contribution < 1.29 is 13.2 Å². The Hall–Kier alpha value is -1.02. The van der Waals surface area contributed by atoms with E-state index in [1.807, 2.05) is 0 Å². The van der Waals surface area contributed by atoms with Crippen LogP contribution in [0.3, 0.4) is 0 Å². The maximum absolute atomic E-state index is 12.7. The Morgan fingerprint density at radius 3 is 2.50 bits per heavy atom. The van der Waals surface area contributed by atoms with Crippen molar-refractivity contribution in [3.8, 4) is 0 Å². The van der Waals surface area contributed by atoms with Gasteiger partial charge in [-0.05, 0) is 18.6 Å². The number of halogens is 2. The number of benzene rings is 1. The fourth-order valence-corrected chi connectivity index (χ4v) is 4.60. The molecule has 1 N–H and O–H groups in total. The molecule has 1 fully saturated rings. The third-order valence-electron chi connectivity index (χ3n) is 3.87. The molecule has 0 saturated carbocycles. The molecular weight excluding hydrogens is 373 g/mol. The molecule has 2 rings (SSSR count). The lowest BCUT2D eigenvalue weighted by Gasteiger charge is -2.34. The molecular formula is C15H21Cl2N3O3S. The summed E-state index contributed by atoms with van der Waals surface area (Å²) in [6.45, 7) is 3.83. The quantitative estimate of drug-likeness (QED) is 0.781. The van der Waals surface area contributed by atoms with Crippen LogP contribution in [0.4, 0.5) is 4.79 Å². The van der Waals surface area contributed by atoms with Crippen molar-refractivity contribution in [2.45, 2.75) is 24.7 Å². The molecule has 1 aliphatic rings. The molecule has 1 saturated heterocycles. The second-order valence-corrected chi connectivity index (χ2v) is 8.22. The van der Waals surface area contributed by atoms with Gasteiger partial charge in [0.05, 0.1) is 10.0 Å². The number of nitrogens with zero attached hydrogens (tertiary/aromatic N) is 2. The molecule has 0 bridgehead atoms. The van der Waals surface area contributed by atoms with E-state index in [0.717, 1.165) is 12.8 Å². The molecule has 24 heavy (non-hydrogen) atoms. The van der Waals surface area contributed by atoms with Crippen molar-refractivity contribution in [3.05, 3.63) is 28.2 Å². The first-order valence-electron chi connectivity index (χ1n) is 7.85. The van der Waals surface area contributed by atoms with Crippen molar-refractivity contribution in [3.63, 3.8) is 0 Å². The third kappa shape index (κ3) is 4.33. The highest BCUT2D eigenvalue weighted by Gasteiger charge is 2.31. The summed E-state index contributed by atoms with van der Waals surface area (Å²) < 4.78 is 26.8. The van der Waals surface area contributed by atoms with Crippen LogP contribution in [0.25, 0.3) is 0 Å². The molecule has 0 aromatic heterocycles. The van der Waals surface area contributed by atoms with Crippen molar-refractivity contribution in [2.24, 2.45) is 0 Å². The zero-order valence-electron chi connectivity index (χ0n) is 13.5. The predicted molar refractivity (Wildman–Crippen MR) is 95.1 cm³/mol. The third-order valence-corrected chi connectivity index (χ3v) is 6.74. The number of carbonyl (C=O) groups is 1. The molecule has 1 aliphatic heterocycles. The van der Waals surface area contributed by atoms with Crippen LogP contribution in [0, 0.1) is 0 Å². The smallest absolute Gasteiger partial charge is 0.317 e. The lowest BCUT2D eigenvalue weighted by molar-refractivity contribution is 0.172. The molecule has 6 nitrogen and oxygen atoms in total. The molecule has 2 amide bonds. The first-order valence-corrected chi connectivity index (χ1v) is 10.0. The highest BCUT2D eigenvalue weighted by molar-refractivity contribution is 7.89. The number of amides is 2. The number of carbonyl (C=O) groups excluding carboxylic acids is 1. The maximum atomic E-state index is 12.7. The largest absolute Gasteiger partial charge is 0.338 e. The van der Waals surface area contributed by atoms with Gasteiger partial charge in [-0.3, -0.25) is 0 Å². The van der Waals surface area contributed by atoms with Gasteiger partial charge in [-0.25, -0.2) is 13.2 Å². The van der Waals surface area contributed by atoms with Gasteiger partial charge in [0.25, 0.3) is 0 Å². The minimum absolute atomic E-state index is 0.00230.